The largest absolute Gasteiger partial charge is 0.397 e. The number of aryl methyl sites for hydroxylation is 1. The molecule has 0 radical (unpaired) electrons. The Hall–Kier alpha value is -1.91. The lowest BCUT2D eigenvalue weighted by atomic mass is 10.3. The maximum atomic E-state index is 5.53. The number of pyridine rings is 1. The summed E-state index contributed by atoms with van der Waals surface area (Å²) in [6.07, 6.45) is 2.43. The fraction of sp³-hybridized carbons (Fsp3) is 0.222. The molecule has 2 rings (SSSR count). The van der Waals surface area contributed by atoms with Crippen LogP contribution in [0.1, 0.15) is 12.7 Å². The first-order chi connectivity index (χ1) is 6.79. The van der Waals surface area contributed by atoms with Crippen molar-refractivity contribution in [3.63, 3.8) is 0 Å². The van der Waals surface area contributed by atoms with E-state index in [1.54, 1.807) is 18.3 Å². The Morgan fingerprint density at radius 3 is 2.86 bits per heavy atom. The van der Waals surface area contributed by atoms with Crippen LogP contribution in [0.25, 0.3) is 11.5 Å². The molecule has 0 aromatic carbocycles. The molecule has 0 aliphatic heterocycles. The summed E-state index contributed by atoms with van der Waals surface area (Å²) in [6.45, 7) is 2.01. The molecule has 0 atom stereocenters. The van der Waals surface area contributed by atoms with E-state index in [0.717, 1.165) is 17.9 Å². The van der Waals surface area contributed by atoms with E-state index in [9.17, 15) is 0 Å². The topological polar surface area (TPSA) is 80.5 Å². The van der Waals surface area contributed by atoms with Crippen LogP contribution in [0.4, 0.5) is 5.69 Å². The van der Waals surface area contributed by atoms with Crippen molar-refractivity contribution < 1.29 is 0 Å². The van der Waals surface area contributed by atoms with Crippen molar-refractivity contribution in [1.82, 2.24) is 20.2 Å². The van der Waals surface area contributed by atoms with Crippen molar-refractivity contribution in [2.24, 2.45) is 0 Å². The number of nitrogens with two attached hydrogens (primary N) is 1. The molecule has 0 spiro atoms. The summed E-state index contributed by atoms with van der Waals surface area (Å²) in [4.78, 5) is 8.38. The monoisotopic (exact) mass is 189 g/mol. The van der Waals surface area contributed by atoms with E-state index in [1.807, 2.05) is 6.92 Å². The number of nitrogens with one attached hydrogen (secondary N) is 1. The first-order valence-corrected chi connectivity index (χ1v) is 4.42. The second kappa shape index (κ2) is 3.45. The fourth-order valence-corrected chi connectivity index (χ4v) is 1.11. The smallest absolute Gasteiger partial charge is 0.199 e. The Bertz CT molecular complexity index is 417. The average molecular weight is 189 g/mol. The Morgan fingerprint density at radius 1 is 1.43 bits per heavy atom. The number of anilines is 1. The van der Waals surface area contributed by atoms with Gasteiger partial charge in [-0.2, -0.15) is 5.10 Å². The van der Waals surface area contributed by atoms with Gasteiger partial charge in [-0.1, -0.05) is 6.92 Å². The van der Waals surface area contributed by atoms with Crippen molar-refractivity contribution in [2.75, 3.05) is 5.73 Å². The molecular formula is C9H11N5. The van der Waals surface area contributed by atoms with Gasteiger partial charge >= 0.3 is 0 Å². The highest BCUT2D eigenvalue weighted by molar-refractivity contribution is 5.51. The number of rotatable bonds is 2. The van der Waals surface area contributed by atoms with Crippen molar-refractivity contribution in [1.29, 1.82) is 0 Å². The Morgan fingerprint density at radius 2 is 2.29 bits per heavy atom. The van der Waals surface area contributed by atoms with Crippen LogP contribution in [-0.2, 0) is 6.42 Å². The van der Waals surface area contributed by atoms with E-state index in [2.05, 4.69) is 20.2 Å². The molecule has 0 saturated carbocycles. The first-order valence-electron chi connectivity index (χ1n) is 4.42. The maximum Gasteiger partial charge on any atom is 0.199 e. The highest BCUT2D eigenvalue weighted by atomic mass is 15.2. The average Bonchev–Trinajstić information content (AvgIpc) is 2.67. The summed E-state index contributed by atoms with van der Waals surface area (Å²) in [5.41, 5.74) is 6.90. The van der Waals surface area contributed by atoms with Crippen molar-refractivity contribution in [2.45, 2.75) is 13.3 Å². The number of H-pyrrole nitrogens is 1. The molecule has 14 heavy (non-hydrogen) atoms. The summed E-state index contributed by atoms with van der Waals surface area (Å²) >= 11 is 0. The highest BCUT2D eigenvalue weighted by Gasteiger charge is 2.04. The molecule has 0 fully saturated rings. The van der Waals surface area contributed by atoms with Gasteiger partial charge in [-0.25, -0.2) is 4.98 Å². The summed E-state index contributed by atoms with van der Waals surface area (Å²) in [7, 11) is 0. The Balaban J connectivity index is 2.34. The molecule has 3 N–H and O–H groups in total. The zero-order valence-corrected chi connectivity index (χ0v) is 7.86. The van der Waals surface area contributed by atoms with Crippen LogP contribution in [0.3, 0.4) is 0 Å². The molecule has 2 aromatic heterocycles. The minimum absolute atomic E-state index is 0.613. The van der Waals surface area contributed by atoms with E-state index < -0.39 is 0 Å². The lowest BCUT2D eigenvalue weighted by Gasteiger charge is -1.94. The molecule has 2 aromatic rings. The predicted octanol–water partition coefficient (Wildman–Crippen LogP) is 1.01. The van der Waals surface area contributed by atoms with Gasteiger partial charge in [-0.05, 0) is 12.1 Å². The normalized spacial score (nSPS) is 10.4. The van der Waals surface area contributed by atoms with Gasteiger partial charge in [-0.15, -0.1) is 0 Å². The van der Waals surface area contributed by atoms with Gasteiger partial charge in [0.25, 0.3) is 0 Å². The summed E-state index contributed by atoms with van der Waals surface area (Å²) in [6, 6.07) is 3.59. The number of nitrogens with zero attached hydrogens (tertiary/aromatic N) is 3. The first kappa shape index (κ1) is 8.68. The molecule has 0 amide bonds. The van der Waals surface area contributed by atoms with Crippen LogP contribution < -0.4 is 5.73 Å². The molecule has 2 heterocycles. The second-order valence-electron chi connectivity index (χ2n) is 2.94. The van der Waals surface area contributed by atoms with Gasteiger partial charge < -0.3 is 5.73 Å². The standard InChI is InChI=1S/C9H11N5/c1-2-8-12-9(14-13-8)7-4-3-6(10)5-11-7/h3-5H,2,10H2,1H3,(H,12,13,14). The maximum absolute atomic E-state index is 5.53. The number of hydrogen-bond acceptors (Lipinski definition) is 4. The molecule has 5 heteroatoms. The van der Waals surface area contributed by atoms with Gasteiger partial charge in [0.15, 0.2) is 5.82 Å². The highest BCUT2D eigenvalue weighted by Crippen LogP contribution is 2.12. The third kappa shape index (κ3) is 1.56. The zero-order chi connectivity index (χ0) is 9.97. The molecule has 0 aliphatic carbocycles. The predicted molar refractivity (Wildman–Crippen MR) is 53.4 cm³/mol. The van der Waals surface area contributed by atoms with Crippen molar-refractivity contribution >= 4 is 5.69 Å². The lowest BCUT2D eigenvalue weighted by Crippen LogP contribution is -1.89. The number of hydrogen-bond donors (Lipinski definition) is 2. The fourth-order valence-electron chi connectivity index (χ4n) is 1.11. The van der Waals surface area contributed by atoms with Gasteiger partial charge in [0.1, 0.15) is 11.5 Å². The van der Waals surface area contributed by atoms with E-state index in [4.69, 9.17) is 5.73 Å². The minimum atomic E-state index is 0.613. The second-order valence-corrected chi connectivity index (χ2v) is 2.94. The summed E-state index contributed by atoms with van der Waals surface area (Å²) < 4.78 is 0. The minimum Gasteiger partial charge on any atom is -0.397 e. The SMILES string of the molecule is CCc1nc(-c2ccc(N)cn2)n[nH]1. The van der Waals surface area contributed by atoms with Crippen molar-refractivity contribution in [3.8, 4) is 11.5 Å². The van der Waals surface area contributed by atoms with Crippen LogP contribution in [0, 0.1) is 0 Å². The van der Waals surface area contributed by atoms with E-state index >= 15 is 0 Å². The molecule has 5 nitrogen and oxygen atoms in total. The van der Waals surface area contributed by atoms with Crippen LogP contribution >= 0.6 is 0 Å². The van der Waals surface area contributed by atoms with Crippen LogP contribution in [0.15, 0.2) is 18.3 Å². The summed E-state index contributed by atoms with van der Waals surface area (Å²) in [5, 5.41) is 6.88. The molecular weight excluding hydrogens is 178 g/mol. The van der Waals surface area contributed by atoms with Crippen LogP contribution in [0.5, 0.6) is 0 Å². The zero-order valence-electron chi connectivity index (χ0n) is 7.86. The summed E-state index contributed by atoms with van der Waals surface area (Å²) in [5.74, 6) is 1.47. The van der Waals surface area contributed by atoms with Gasteiger partial charge in [0.2, 0.25) is 0 Å². The van der Waals surface area contributed by atoms with E-state index in [-0.39, 0.29) is 0 Å². The van der Waals surface area contributed by atoms with E-state index in [1.165, 1.54) is 0 Å². The Kier molecular flexibility index (Phi) is 2.14. The number of nitrogen functional groups attached to an aromatic ring is 1. The molecule has 0 unspecified atom stereocenters. The Labute approximate surface area is 81.4 Å². The van der Waals surface area contributed by atoms with Crippen molar-refractivity contribution in [3.05, 3.63) is 24.2 Å². The number of aromatic nitrogens is 4. The molecule has 0 saturated heterocycles. The quantitative estimate of drug-likeness (QED) is 0.738. The third-order valence-electron chi connectivity index (χ3n) is 1.88. The molecule has 72 valence electrons. The molecule has 0 aliphatic rings. The van der Waals surface area contributed by atoms with E-state index in [0.29, 0.717) is 11.5 Å². The number of aromatic amines is 1. The van der Waals surface area contributed by atoms with Gasteiger partial charge in [0, 0.05) is 6.42 Å². The van der Waals surface area contributed by atoms with Gasteiger partial charge in [0.05, 0.1) is 11.9 Å². The van der Waals surface area contributed by atoms with Crippen LogP contribution in [0.2, 0.25) is 0 Å². The molecule has 0 bridgehead atoms. The lowest BCUT2D eigenvalue weighted by molar-refractivity contribution is 0.946. The van der Waals surface area contributed by atoms with Gasteiger partial charge in [-0.3, -0.25) is 10.1 Å². The van der Waals surface area contributed by atoms with Crippen LogP contribution in [-0.4, -0.2) is 20.2 Å². The third-order valence-corrected chi connectivity index (χ3v) is 1.88.